The van der Waals surface area contributed by atoms with Gasteiger partial charge < -0.3 is 10.6 Å². The third kappa shape index (κ3) is 2.42. The molecule has 0 aliphatic heterocycles. The van der Waals surface area contributed by atoms with Gasteiger partial charge >= 0.3 is 0 Å². The van der Waals surface area contributed by atoms with Crippen molar-refractivity contribution >= 4 is 33.3 Å². The summed E-state index contributed by atoms with van der Waals surface area (Å²) in [6.45, 7) is 2.07. The maximum atomic E-state index is 4.50. The van der Waals surface area contributed by atoms with Gasteiger partial charge in [-0.25, -0.2) is 4.98 Å². The summed E-state index contributed by atoms with van der Waals surface area (Å²) in [5, 5.41) is 9.47. The SMILES string of the molecule is CNc1nc(NC(C)c2ccccn2)c2ccsc2n1. The van der Waals surface area contributed by atoms with Crippen LogP contribution in [0.4, 0.5) is 11.8 Å². The quantitative estimate of drug-likeness (QED) is 0.770. The number of hydrogen-bond donors (Lipinski definition) is 2. The zero-order chi connectivity index (χ0) is 13.9. The maximum absolute atomic E-state index is 4.50. The van der Waals surface area contributed by atoms with Crippen molar-refractivity contribution in [2.75, 3.05) is 17.7 Å². The highest BCUT2D eigenvalue weighted by Crippen LogP contribution is 2.28. The molecule has 1 unspecified atom stereocenters. The summed E-state index contributed by atoms with van der Waals surface area (Å²) in [4.78, 5) is 14.3. The highest BCUT2D eigenvalue weighted by atomic mass is 32.1. The minimum absolute atomic E-state index is 0.0823. The van der Waals surface area contributed by atoms with E-state index in [2.05, 4.69) is 32.5 Å². The van der Waals surface area contributed by atoms with Gasteiger partial charge in [-0.15, -0.1) is 11.3 Å². The van der Waals surface area contributed by atoms with Crippen LogP contribution >= 0.6 is 11.3 Å². The standard InChI is InChI=1S/C14H15N5S/c1-9(11-5-3-4-7-16-11)17-12-10-6-8-20-13(10)19-14(15-2)18-12/h3-9H,1-2H3,(H2,15,17,18,19). The fourth-order valence-electron chi connectivity index (χ4n) is 1.99. The molecule has 3 aromatic heterocycles. The van der Waals surface area contributed by atoms with Gasteiger partial charge in [-0.3, -0.25) is 4.98 Å². The Balaban J connectivity index is 1.95. The molecule has 0 saturated heterocycles. The first-order valence-corrected chi connectivity index (χ1v) is 7.26. The number of nitrogens with zero attached hydrogens (tertiary/aromatic N) is 3. The van der Waals surface area contributed by atoms with Crippen molar-refractivity contribution in [1.29, 1.82) is 0 Å². The molecule has 0 radical (unpaired) electrons. The van der Waals surface area contributed by atoms with Crippen molar-refractivity contribution in [3.63, 3.8) is 0 Å². The van der Waals surface area contributed by atoms with Gasteiger partial charge in [0.05, 0.1) is 17.1 Å². The summed E-state index contributed by atoms with van der Waals surface area (Å²) >= 11 is 1.61. The average molecular weight is 285 g/mol. The number of anilines is 2. The summed E-state index contributed by atoms with van der Waals surface area (Å²) in [7, 11) is 1.82. The van der Waals surface area contributed by atoms with E-state index >= 15 is 0 Å². The van der Waals surface area contributed by atoms with Gasteiger partial charge in [0.25, 0.3) is 0 Å². The average Bonchev–Trinajstić information content (AvgIpc) is 2.96. The number of aromatic nitrogens is 3. The fraction of sp³-hybridized carbons (Fsp3) is 0.214. The Morgan fingerprint density at radius 3 is 2.85 bits per heavy atom. The first-order chi connectivity index (χ1) is 9.78. The number of hydrogen-bond acceptors (Lipinski definition) is 6. The van der Waals surface area contributed by atoms with Gasteiger partial charge in [-0.05, 0) is 30.5 Å². The third-order valence-corrected chi connectivity index (χ3v) is 3.84. The molecule has 2 N–H and O–H groups in total. The lowest BCUT2D eigenvalue weighted by molar-refractivity contribution is 0.833. The lowest BCUT2D eigenvalue weighted by Crippen LogP contribution is -2.10. The van der Waals surface area contributed by atoms with Gasteiger partial charge in [-0.1, -0.05) is 6.07 Å². The molecule has 0 aromatic carbocycles. The van der Waals surface area contributed by atoms with E-state index in [-0.39, 0.29) is 6.04 Å². The molecule has 20 heavy (non-hydrogen) atoms. The monoisotopic (exact) mass is 285 g/mol. The van der Waals surface area contributed by atoms with E-state index in [0.717, 1.165) is 21.7 Å². The van der Waals surface area contributed by atoms with Crippen LogP contribution in [0.1, 0.15) is 18.7 Å². The molecule has 1 atom stereocenters. The highest BCUT2D eigenvalue weighted by molar-refractivity contribution is 7.16. The van der Waals surface area contributed by atoms with Crippen molar-refractivity contribution in [2.45, 2.75) is 13.0 Å². The molecule has 0 fully saturated rings. The second kappa shape index (κ2) is 5.42. The molecule has 6 heteroatoms. The molecule has 0 saturated carbocycles. The van der Waals surface area contributed by atoms with E-state index in [1.54, 1.807) is 17.5 Å². The van der Waals surface area contributed by atoms with Crippen LogP contribution in [0.15, 0.2) is 35.8 Å². The van der Waals surface area contributed by atoms with E-state index in [1.807, 2.05) is 36.7 Å². The lowest BCUT2D eigenvalue weighted by Gasteiger charge is -2.15. The molecule has 0 aliphatic carbocycles. The van der Waals surface area contributed by atoms with Crippen molar-refractivity contribution in [3.8, 4) is 0 Å². The molecule has 0 amide bonds. The van der Waals surface area contributed by atoms with Crippen molar-refractivity contribution < 1.29 is 0 Å². The molecule has 5 nitrogen and oxygen atoms in total. The second-order valence-electron chi connectivity index (χ2n) is 4.41. The van der Waals surface area contributed by atoms with E-state index < -0.39 is 0 Å². The predicted molar refractivity (Wildman–Crippen MR) is 83.2 cm³/mol. The molecule has 0 bridgehead atoms. The van der Waals surface area contributed by atoms with E-state index in [0.29, 0.717) is 5.95 Å². The van der Waals surface area contributed by atoms with Crippen LogP contribution in [0.25, 0.3) is 10.2 Å². The molecule has 0 spiro atoms. The van der Waals surface area contributed by atoms with Crippen LogP contribution < -0.4 is 10.6 Å². The van der Waals surface area contributed by atoms with Crippen LogP contribution in [-0.4, -0.2) is 22.0 Å². The van der Waals surface area contributed by atoms with Crippen LogP contribution in [-0.2, 0) is 0 Å². The third-order valence-electron chi connectivity index (χ3n) is 3.03. The van der Waals surface area contributed by atoms with Gasteiger partial charge in [0.1, 0.15) is 10.6 Å². The van der Waals surface area contributed by atoms with E-state index in [1.165, 1.54) is 0 Å². The Kier molecular flexibility index (Phi) is 3.47. The first-order valence-electron chi connectivity index (χ1n) is 6.38. The van der Waals surface area contributed by atoms with E-state index in [9.17, 15) is 0 Å². The molecule has 3 rings (SSSR count). The van der Waals surface area contributed by atoms with Crippen LogP contribution in [0.2, 0.25) is 0 Å². The van der Waals surface area contributed by atoms with Crippen molar-refractivity contribution in [3.05, 3.63) is 41.5 Å². The summed E-state index contributed by atoms with van der Waals surface area (Å²) in [5.74, 6) is 1.45. The summed E-state index contributed by atoms with van der Waals surface area (Å²) in [6.07, 6.45) is 1.80. The normalized spacial score (nSPS) is 12.3. The fourth-order valence-corrected chi connectivity index (χ4v) is 2.75. The van der Waals surface area contributed by atoms with Gasteiger partial charge in [-0.2, -0.15) is 4.98 Å². The van der Waals surface area contributed by atoms with Crippen LogP contribution in [0, 0.1) is 0 Å². The molecule has 3 heterocycles. The topological polar surface area (TPSA) is 62.7 Å². The van der Waals surface area contributed by atoms with Crippen molar-refractivity contribution in [1.82, 2.24) is 15.0 Å². The zero-order valence-electron chi connectivity index (χ0n) is 11.3. The van der Waals surface area contributed by atoms with Crippen molar-refractivity contribution in [2.24, 2.45) is 0 Å². The van der Waals surface area contributed by atoms with Gasteiger partial charge in [0.15, 0.2) is 0 Å². The Bertz CT molecular complexity index is 710. The number of nitrogens with one attached hydrogen (secondary N) is 2. The Morgan fingerprint density at radius 2 is 2.10 bits per heavy atom. The summed E-state index contributed by atoms with van der Waals surface area (Å²) in [5.41, 5.74) is 0.987. The molecule has 3 aromatic rings. The number of rotatable bonds is 4. The Morgan fingerprint density at radius 1 is 1.20 bits per heavy atom. The number of pyridine rings is 1. The smallest absolute Gasteiger partial charge is 0.225 e. The lowest BCUT2D eigenvalue weighted by atomic mass is 10.2. The largest absolute Gasteiger partial charge is 0.361 e. The summed E-state index contributed by atoms with van der Waals surface area (Å²) < 4.78 is 0. The molecule has 102 valence electrons. The van der Waals surface area contributed by atoms with Crippen LogP contribution in [0.5, 0.6) is 0 Å². The molecule has 0 aliphatic rings. The Labute approximate surface area is 121 Å². The summed E-state index contributed by atoms with van der Waals surface area (Å²) in [6, 6.07) is 8.02. The minimum atomic E-state index is 0.0823. The Hall–Kier alpha value is -2.21. The number of thiophene rings is 1. The molecular weight excluding hydrogens is 270 g/mol. The highest BCUT2D eigenvalue weighted by Gasteiger charge is 2.12. The van der Waals surface area contributed by atoms with Gasteiger partial charge in [0, 0.05) is 13.2 Å². The van der Waals surface area contributed by atoms with Gasteiger partial charge in [0.2, 0.25) is 5.95 Å². The zero-order valence-corrected chi connectivity index (χ0v) is 12.1. The van der Waals surface area contributed by atoms with E-state index in [4.69, 9.17) is 0 Å². The predicted octanol–water partition coefficient (Wildman–Crippen LogP) is 3.30. The first kappa shape index (κ1) is 12.8. The second-order valence-corrected chi connectivity index (χ2v) is 5.30. The van der Waals surface area contributed by atoms with Crippen LogP contribution in [0.3, 0.4) is 0 Å². The molecular formula is C14H15N5S. The maximum Gasteiger partial charge on any atom is 0.225 e. The minimum Gasteiger partial charge on any atom is -0.361 e. The number of fused-ring (bicyclic) bond motifs is 1.